The molecule has 3 unspecified atom stereocenters. The van der Waals surface area contributed by atoms with Gasteiger partial charge >= 0.3 is 155 Å². The van der Waals surface area contributed by atoms with Crippen molar-refractivity contribution in [2.75, 3.05) is 19.7 Å². The van der Waals surface area contributed by atoms with Crippen molar-refractivity contribution in [2.45, 2.75) is 76.9 Å². The van der Waals surface area contributed by atoms with E-state index in [0.29, 0.717) is 37.3 Å². The van der Waals surface area contributed by atoms with E-state index >= 15 is 0 Å². The van der Waals surface area contributed by atoms with E-state index in [4.69, 9.17) is 91.3 Å². The van der Waals surface area contributed by atoms with E-state index in [1.807, 2.05) is 0 Å². The SMILES string of the molecule is CC(O)C(=O)O.O=C(O)C(=O)O.O=C(O)C1(C(=O)O)CCC1.O=C(O)CO.[CH2-][C@@H]1CCCC[C@H]1[NH-].[Cl][Pt+2][Cl].[NH-]CC1CCC1C[NH-].[NH2-].[NH2-].[NH2-].[NH2-].[NH2-].[NH2-].[Pt+2].[Pt+2].[Pt+2].[Pt+2]. The molecule has 0 aromatic rings. The number of rotatable bonds is 6. The molecule has 0 amide bonds. The monoisotopic (exact) mass is 1760 g/mol. The first-order valence-electron chi connectivity index (χ1n) is 13.6. The van der Waals surface area contributed by atoms with Crippen LogP contribution in [0.3, 0.4) is 0 Å². The van der Waals surface area contributed by atoms with E-state index in [0.717, 1.165) is 6.42 Å². The van der Waals surface area contributed by atoms with Gasteiger partial charge in [-0.2, -0.15) is 12.0 Å². The largest absolute Gasteiger partial charge is 2.00 e. The van der Waals surface area contributed by atoms with Crippen molar-refractivity contribution < 1.29 is 170 Å². The number of nitrogens with two attached hydrogens (primary N) is 6. The Hall–Kier alpha value is 0.402. The van der Waals surface area contributed by atoms with Gasteiger partial charge in [0.15, 0.2) is 5.41 Å². The Balaban J connectivity index is -0.0000000303. The molecule has 3 aliphatic carbocycles. The minimum Gasteiger partial charge on any atom is -0.693 e. The molecule has 3 saturated carbocycles. The zero-order valence-corrected chi connectivity index (χ0v) is 42.8. The van der Waals surface area contributed by atoms with Gasteiger partial charge in [-0.25, -0.2) is 19.2 Å². The fourth-order valence-electron chi connectivity index (χ4n) is 3.43. The standard InChI is InChI=1S/C7H13N.C6H12N2.C6H8O4.C3H6O3.C2H2O4.C2H4O3.2ClH.6H2N.5Pt/c1-6-4-2-3-5-7(6)8;7-3-5-1-2-6(5)4-8;7-4(8)6(5(9)10)2-1-3-6;1-2(4)3(5)6;3-1(4)2(5)6;3-1-2(4)5;;;;;;;;;;;;;/h6-8H,1-5H2;5-8H,1-4H2;1-3H2,(H,7,8)(H,9,10);2,4H,1H3,(H,5,6);(H,3,4)(H,5,6);3H,1H2,(H,4,5);2*1H;6*1H2;;;;;/q2*-2;;;;;;;6*-1;4*+2;+4/p-2/t6-,7-;;;;;;;;;;;;;;;;;;/m1................../s1. The van der Waals surface area contributed by atoms with Gasteiger partial charge in [-0.05, 0) is 26.2 Å². The molecule has 23 nitrogen and oxygen atoms in total. The average Bonchev–Trinajstić information content (AvgIpc) is 2.91. The third kappa shape index (κ3) is 52.4. The van der Waals surface area contributed by atoms with E-state index in [-0.39, 0.29) is 140 Å². The number of aliphatic carboxylic acids is 6. The summed E-state index contributed by atoms with van der Waals surface area (Å²) in [6.45, 7) is 5.40. The minimum atomic E-state index is -1.82. The van der Waals surface area contributed by atoms with Crippen molar-refractivity contribution in [2.24, 2.45) is 23.2 Å². The molecule has 0 aliphatic heterocycles. The second-order valence-electron chi connectivity index (χ2n) is 9.92. The van der Waals surface area contributed by atoms with Gasteiger partial charge in [0.25, 0.3) is 0 Å². The second kappa shape index (κ2) is 59.7. The first kappa shape index (κ1) is 96.3. The van der Waals surface area contributed by atoms with Gasteiger partial charge in [0.1, 0.15) is 12.7 Å². The second-order valence-corrected chi connectivity index (χ2v) is 13.2. The smallest absolute Gasteiger partial charge is 0.693 e. The van der Waals surface area contributed by atoms with Crippen LogP contribution in [0.15, 0.2) is 0 Å². The van der Waals surface area contributed by atoms with E-state index in [1.54, 1.807) is 0 Å². The van der Waals surface area contributed by atoms with E-state index in [9.17, 15) is 14.4 Å². The number of halogens is 2. The van der Waals surface area contributed by atoms with Crippen molar-refractivity contribution >= 4 is 54.7 Å². The van der Waals surface area contributed by atoms with Crippen LogP contribution in [0.4, 0.5) is 0 Å². The van der Waals surface area contributed by atoms with Crippen molar-refractivity contribution in [3.05, 3.63) is 61.0 Å². The fraction of sp³-hybridized carbons (Fsp3) is 0.731. The molecule has 5 atom stereocenters. The van der Waals surface area contributed by atoms with Crippen LogP contribution >= 0.6 is 18.8 Å². The number of carboxylic acids is 6. The molecule has 0 radical (unpaired) electrons. The average molecular weight is 1770 g/mol. The normalized spacial score (nSPS) is 18.0. The van der Waals surface area contributed by atoms with Crippen LogP contribution < -0.4 is 0 Å². The van der Waals surface area contributed by atoms with Crippen LogP contribution in [-0.2, 0) is 130 Å². The number of aliphatic hydroxyl groups excluding tert-OH is 2. The summed E-state index contributed by atoms with van der Waals surface area (Å²) in [5.74, 6) is -6.86. The molecule has 0 spiro atoms. The molecule has 354 valence electrons. The van der Waals surface area contributed by atoms with Crippen LogP contribution in [-0.4, -0.2) is 109 Å². The third-order valence-electron chi connectivity index (χ3n) is 6.71. The van der Waals surface area contributed by atoms with Crippen LogP contribution in [0, 0.1) is 30.1 Å². The summed E-state index contributed by atoms with van der Waals surface area (Å²) in [6, 6.07) is 0.142. The Morgan fingerprint density at radius 3 is 1.04 bits per heavy atom. The van der Waals surface area contributed by atoms with Crippen molar-refractivity contribution in [3.8, 4) is 0 Å². The molecular formula is C26H57Cl2N9O14Pt5. The predicted molar refractivity (Wildman–Crippen MR) is 194 cm³/mol. The number of hydrogen-bond donors (Lipinski definition) is 8. The van der Waals surface area contributed by atoms with Gasteiger partial charge in [0.05, 0.1) is 0 Å². The summed E-state index contributed by atoms with van der Waals surface area (Å²) in [6.07, 6.45) is 7.23. The Morgan fingerprint density at radius 2 is 0.964 bits per heavy atom. The number of aliphatic hydroxyl groups is 2. The van der Waals surface area contributed by atoms with E-state index < -0.39 is 70.4 Å². The molecule has 23 N–H and O–H groups in total. The number of carboxylic acid groups (broad SMARTS) is 6. The van der Waals surface area contributed by atoms with Crippen LogP contribution in [0.5, 0.6) is 0 Å². The molecule has 3 fully saturated rings. The zero-order chi connectivity index (χ0) is 37.0. The predicted octanol–water partition coefficient (Wildman–Crippen LogP) is 8.21. The summed E-state index contributed by atoms with van der Waals surface area (Å²) >= 11 is -0.472. The van der Waals surface area contributed by atoms with Crippen molar-refractivity contribution in [3.63, 3.8) is 0 Å². The summed E-state index contributed by atoms with van der Waals surface area (Å²) in [7, 11) is 9.75. The van der Waals surface area contributed by atoms with E-state index in [1.165, 1.54) is 39.0 Å². The van der Waals surface area contributed by atoms with Gasteiger partial charge in [-0.3, -0.25) is 9.59 Å². The zero-order valence-electron chi connectivity index (χ0n) is 29.9. The quantitative estimate of drug-likeness (QED) is 0.0706. The molecule has 30 heteroatoms. The molecular weight excluding hydrogens is 1710 g/mol. The van der Waals surface area contributed by atoms with Gasteiger partial charge in [-0.1, -0.05) is 50.4 Å². The van der Waals surface area contributed by atoms with Gasteiger partial charge in [-0.15, -0.1) is 13.1 Å². The van der Waals surface area contributed by atoms with Gasteiger partial charge < -0.3 is 102 Å². The first-order valence-corrected chi connectivity index (χ1v) is 19.2. The van der Waals surface area contributed by atoms with Gasteiger partial charge in [0, 0.05) is 0 Å². The minimum absolute atomic E-state index is 0. The fourth-order valence-corrected chi connectivity index (χ4v) is 3.43. The van der Waals surface area contributed by atoms with Crippen LogP contribution in [0.2, 0.25) is 0 Å². The molecule has 3 rings (SSSR count). The summed E-state index contributed by atoms with van der Waals surface area (Å²) in [5, 5.41) is 62.5. The number of carbonyl (C=O) groups is 6. The van der Waals surface area contributed by atoms with Crippen LogP contribution in [0.1, 0.15) is 64.7 Å². The van der Waals surface area contributed by atoms with E-state index in [2.05, 4.69) is 6.92 Å². The maximum Gasteiger partial charge on any atom is 2.00 e. The molecule has 0 saturated heterocycles. The maximum atomic E-state index is 10.4. The Kier molecular flexibility index (Phi) is 103. The number of nitrogens with one attached hydrogen (secondary N) is 3. The molecule has 0 aromatic carbocycles. The van der Waals surface area contributed by atoms with Gasteiger partial charge in [0.2, 0.25) is 0 Å². The topological polar surface area (TPSA) is 537 Å². The summed E-state index contributed by atoms with van der Waals surface area (Å²) in [4.78, 5) is 57.5. The molecule has 0 bridgehead atoms. The van der Waals surface area contributed by atoms with Crippen molar-refractivity contribution in [1.29, 1.82) is 0 Å². The molecule has 0 aromatic heterocycles. The first-order chi connectivity index (χ1) is 21.2. The summed E-state index contributed by atoms with van der Waals surface area (Å²) in [5.41, 5.74) is 20.0. The Morgan fingerprint density at radius 1 is 0.696 bits per heavy atom. The molecule has 3 aliphatic rings. The number of hydrogen-bond acceptors (Lipinski definition) is 8. The molecule has 56 heavy (non-hydrogen) atoms. The Labute approximate surface area is 402 Å². The van der Waals surface area contributed by atoms with Crippen molar-refractivity contribution in [1.82, 2.24) is 0 Å². The Bertz CT molecular complexity index is 882. The maximum absolute atomic E-state index is 10.4. The molecule has 0 heterocycles. The van der Waals surface area contributed by atoms with Crippen LogP contribution in [0.25, 0.3) is 54.1 Å². The summed E-state index contributed by atoms with van der Waals surface area (Å²) < 4.78 is 0. The third-order valence-corrected chi connectivity index (χ3v) is 6.71.